The molecule has 2 heterocycles. The average molecular weight is 295 g/mol. The van der Waals surface area contributed by atoms with Crippen molar-refractivity contribution in [2.45, 2.75) is 6.42 Å². The van der Waals surface area contributed by atoms with Crippen molar-refractivity contribution in [2.24, 2.45) is 0 Å². The predicted octanol–water partition coefficient (Wildman–Crippen LogP) is -0.464. The van der Waals surface area contributed by atoms with Gasteiger partial charge < -0.3 is 19.7 Å². The van der Waals surface area contributed by atoms with E-state index in [1.54, 1.807) is 17.0 Å². The summed E-state index contributed by atoms with van der Waals surface area (Å²) in [5, 5.41) is 11.5. The van der Waals surface area contributed by atoms with Gasteiger partial charge in [0.25, 0.3) is 5.91 Å². The smallest absolute Gasteiger partial charge is 0.287 e. The molecule has 1 saturated heterocycles. The van der Waals surface area contributed by atoms with E-state index in [2.05, 4.69) is 10.2 Å². The highest BCUT2D eigenvalue weighted by atomic mass is 16.3. The van der Waals surface area contributed by atoms with Crippen LogP contribution in [0.5, 0.6) is 0 Å². The molecule has 7 heteroatoms. The Kier molecular flexibility index (Phi) is 5.77. The lowest BCUT2D eigenvalue weighted by molar-refractivity contribution is -0.130. The molecule has 1 aromatic heterocycles. The second-order valence-corrected chi connectivity index (χ2v) is 4.96. The summed E-state index contributed by atoms with van der Waals surface area (Å²) in [6.45, 7) is 3.66. The first-order valence-corrected chi connectivity index (χ1v) is 7.13. The van der Waals surface area contributed by atoms with Gasteiger partial charge in [0.15, 0.2) is 5.76 Å². The summed E-state index contributed by atoms with van der Waals surface area (Å²) in [7, 11) is 0. The fourth-order valence-corrected chi connectivity index (χ4v) is 2.35. The van der Waals surface area contributed by atoms with E-state index in [1.807, 2.05) is 0 Å². The zero-order valence-electron chi connectivity index (χ0n) is 12.0. The summed E-state index contributed by atoms with van der Waals surface area (Å²) in [5.74, 6) is -0.279. The molecule has 0 radical (unpaired) electrons. The molecular formula is C14H21N3O4. The standard InChI is InChI=1S/C14H21N3O4/c18-9-8-16-4-2-5-17(7-6-16)13(19)11-15-14(20)12-3-1-10-21-12/h1,3,10,18H,2,4-9,11H2,(H,15,20). The van der Waals surface area contributed by atoms with Gasteiger partial charge in [-0.25, -0.2) is 0 Å². The lowest BCUT2D eigenvalue weighted by Gasteiger charge is -2.21. The second-order valence-electron chi connectivity index (χ2n) is 4.96. The van der Waals surface area contributed by atoms with Crippen LogP contribution in [0.4, 0.5) is 0 Å². The molecule has 0 atom stereocenters. The van der Waals surface area contributed by atoms with Gasteiger partial charge in [0, 0.05) is 26.2 Å². The molecular weight excluding hydrogens is 274 g/mol. The highest BCUT2D eigenvalue weighted by Gasteiger charge is 2.19. The third-order valence-electron chi connectivity index (χ3n) is 3.50. The molecule has 1 fully saturated rings. The van der Waals surface area contributed by atoms with Crippen LogP contribution in [-0.4, -0.2) is 72.6 Å². The summed E-state index contributed by atoms with van der Waals surface area (Å²) >= 11 is 0. The zero-order valence-corrected chi connectivity index (χ0v) is 12.0. The summed E-state index contributed by atoms with van der Waals surface area (Å²) in [6, 6.07) is 3.18. The molecule has 0 aromatic carbocycles. The van der Waals surface area contributed by atoms with Crippen LogP contribution in [0.1, 0.15) is 17.0 Å². The quantitative estimate of drug-likeness (QED) is 0.767. The number of amides is 2. The Morgan fingerprint density at radius 1 is 1.29 bits per heavy atom. The Balaban J connectivity index is 1.76. The first-order valence-electron chi connectivity index (χ1n) is 7.13. The van der Waals surface area contributed by atoms with E-state index in [0.717, 1.165) is 19.5 Å². The van der Waals surface area contributed by atoms with Crippen molar-refractivity contribution in [1.29, 1.82) is 0 Å². The summed E-state index contributed by atoms with van der Waals surface area (Å²) in [4.78, 5) is 27.7. The monoisotopic (exact) mass is 295 g/mol. The van der Waals surface area contributed by atoms with Crippen LogP contribution in [0.2, 0.25) is 0 Å². The van der Waals surface area contributed by atoms with Gasteiger partial charge in [-0.3, -0.25) is 14.5 Å². The van der Waals surface area contributed by atoms with Gasteiger partial charge >= 0.3 is 0 Å². The highest BCUT2D eigenvalue weighted by Crippen LogP contribution is 2.03. The molecule has 2 rings (SSSR count). The third kappa shape index (κ3) is 4.57. The molecule has 1 aliphatic rings. The lowest BCUT2D eigenvalue weighted by atomic mass is 10.3. The Bertz CT molecular complexity index is 461. The van der Waals surface area contributed by atoms with E-state index < -0.39 is 0 Å². The lowest BCUT2D eigenvalue weighted by Crippen LogP contribution is -2.42. The Labute approximate surface area is 123 Å². The van der Waals surface area contributed by atoms with Crippen LogP contribution in [0.25, 0.3) is 0 Å². The molecule has 0 bridgehead atoms. The molecule has 0 unspecified atom stereocenters. The maximum atomic E-state index is 12.1. The first-order chi connectivity index (χ1) is 10.2. The van der Waals surface area contributed by atoms with Crippen molar-refractivity contribution in [1.82, 2.24) is 15.1 Å². The normalized spacial score (nSPS) is 16.5. The van der Waals surface area contributed by atoms with E-state index >= 15 is 0 Å². The van der Waals surface area contributed by atoms with Gasteiger partial charge in [0.2, 0.25) is 5.91 Å². The SMILES string of the molecule is O=C(NCC(=O)N1CCCN(CCO)CC1)c1ccco1. The van der Waals surface area contributed by atoms with E-state index in [9.17, 15) is 9.59 Å². The first kappa shape index (κ1) is 15.5. The number of aliphatic hydroxyl groups is 1. The number of β-amino-alcohol motifs (C(OH)–C–C–N with tert-alkyl or cyclic N) is 1. The van der Waals surface area contributed by atoms with Gasteiger partial charge in [-0.1, -0.05) is 0 Å². The van der Waals surface area contributed by atoms with Crippen molar-refractivity contribution in [3.63, 3.8) is 0 Å². The maximum Gasteiger partial charge on any atom is 0.287 e. The van der Waals surface area contributed by atoms with Crippen LogP contribution in [-0.2, 0) is 4.79 Å². The number of carbonyl (C=O) groups excluding carboxylic acids is 2. The number of hydrogen-bond acceptors (Lipinski definition) is 5. The van der Waals surface area contributed by atoms with Crippen molar-refractivity contribution in [3.05, 3.63) is 24.2 Å². The van der Waals surface area contributed by atoms with E-state index in [-0.39, 0.29) is 30.7 Å². The maximum absolute atomic E-state index is 12.1. The van der Waals surface area contributed by atoms with Crippen LogP contribution in [0.3, 0.4) is 0 Å². The average Bonchev–Trinajstić information content (AvgIpc) is 2.92. The molecule has 2 amide bonds. The van der Waals surface area contributed by atoms with Crippen LogP contribution >= 0.6 is 0 Å². The summed E-state index contributed by atoms with van der Waals surface area (Å²) < 4.78 is 4.97. The van der Waals surface area contributed by atoms with Crippen LogP contribution < -0.4 is 5.32 Å². The van der Waals surface area contributed by atoms with Gasteiger partial charge in [0.05, 0.1) is 19.4 Å². The number of nitrogens with zero attached hydrogens (tertiary/aromatic N) is 2. The molecule has 1 aromatic rings. The fourth-order valence-electron chi connectivity index (χ4n) is 2.35. The van der Waals surface area contributed by atoms with Gasteiger partial charge in [-0.15, -0.1) is 0 Å². The van der Waals surface area contributed by atoms with Crippen molar-refractivity contribution in [3.8, 4) is 0 Å². The number of nitrogens with one attached hydrogen (secondary N) is 1. The van der Waals surface area contributed by atoms with E-state index in [4.69, 9.17) is 9.52 Å². The minimum absolute atomic E-state index is 0.0282. The molecule has 1 aliphatic heterocycles. The highest BCUT2D eigenvalue weighted by molar-refractivity contribution is 5.94. The van der Waals surface area contributed by atoms with E-state index in [1.165, 1.54) is 6.26 Å². The number of furan rings is 1. The molecule has 21 heavy (non-hydrogen) atoms. The minimum Gasteiger partial charge on any atom is -0.459 e. The van der Waals surface area contributed by atoms with Crippen molar-refractivity contribution in [2.75, 3.05) is 45.9 Å². The molecule has 116 valence electrons. The third-order valence-corrected chi connectivity index (χ3v) is 3.50. The summed E-state index contributed by atoms with van der Waals surface area (Å²) in [6.07, 6.45) is 2.29. The minimum atomic E-state index is -0.384. The number of aliphatic hydroxyl groups excluding tert-OH is 1. The van der Waals surface area contributed by atoms with Gasteiger partial charge in [-0.2, -0.15) is 0 Å². The van der Waals surface area contributed by atoms with Crippen LogP contribution in [0, 0.1) is 0 Å². The Hall–Kier alpha value is -1.86. The van der Waals surface area contributed by atoms with Gasteiger partial charge in [0.1, 0.15) is 0 Å². The van der Waals surface area contributed by atoms with Gasteiger partial charge in [-0.05, 0) is 25.1 Å². The topological polar surface area (TPSA) is 86.0 Å². The Morgan fingerprint density at radius 3 is 2.86 bits per heavy atom. The number of carbonyl (C=O) groups is 2. The second kappa shape index (κ2) is 7.80. The molecule has 2 N–H and O–H groups in total. The molecule has 0 spiro atoms. The molecule has 0 saturated carbocycles. The van der Waals surface area contributed by atoms with Crippen LogP contribution in [0.15, 0.2) is 22.8 Å². The summed E-state index contributed by atoms with van der Waals surface area (Å²) in [5.41, 5.74) is 0. The molecule has 7 nitrogen and oxygen atoms in total. The number of rotatable bonds is 5. The van der Waals surface area contributed by atoms with Crippen molar-refractivity contribution >= 4 is 11.8 Å². The van der Waals surface area contributed by atoms with E-state index in [0.29, 0.717) is 19.6 Å². The largest absolute Gasteiger partial charge is 0.459 e. The molecule has 0 aliphatic carbocycles. The Morgan fingerprint density at radius 2 is 2.14 bits per heavy atom. The fraction of sp³-hybridized carbons (Fsp3) is 0.571. The zero-order chi connectivity index (χ0) is 15.1. The number of hydrogen-bond donors (Lipinski definition) is 2. The predicted molar refractivity (Wildman–Crippen MR) is 75.8 cm³/mol. The van der Waals surface area contributed by atoms with Crippen molar-refractivity contribution < 1.29 is 19.1 Å².